The van der Waals surface area contributed by atoms with Crippen LogP contribution in [0.5, 0.6) is 0 Å². The Hall–Kier alpha value is -2.43. The lowest BCUT2D eigenvalue weighted by molar-refractivity contribution is 0.137. The molecule has 0 aliphatic rings. The largest absolute Gasteiger partial charge is 0.383 e. The van der Waals surface area contributed by atoms with Crippen molar-refractivity contribution in [3.63, 3.8) is 0 Å². The summed E-state index contributed by atoms with van der Waals surface area (Å²) in [6.45, 7) is 5.62. The van der Waals surface area contributed by atoms with Gasteiger partial charge in [-0.05, 0) is 30.7 Å². The molecule has 3 aromatic rings. The van der Waals surface area contributed by atoms with Crippen molar-refractivity contribution < 1.29 is 9.13 Å². The molecule has 0 aliphatic heterocycles. The summed E-state index contributed by atoms with van der Waals surface area (Å²) in [6.07, 6.45) is 2.11. The Labute approximate surface area is 161 Å². The lowest BCUT2D eigenvalue weighted by Gasteiger charge is -2.23. The number of hydrogen-bond donors (Lipinski definition) is 0. The molecule has 0 saturated heterocycles. The van der Waals surface area contributed by atoms with Crippen LogP contribution in [0.25, 0.3) is 0 Å². The van der Waals surface area contributed by atoms with Crippen LogP contribution in [0.1, 0.15) is 22.4 Å². The summed E-state index contributed by atoms with van der Waals surface area (Å²) in [6, 6.07) is 19.8. The summed E-state index contributed by atoms with van der Waals surface area (Å²) in [5.74, 6) is -0.157. The van der Waals surface area contributed by atoms with Crippen LogP contribution < -0.4 is 0 Å². The minimum absolute atomic E-state index is 0.157. The van der Waals surface area contributed by atoms with Gasteiger partial charge in [-0.25, -0.2) is 4.39 Å². The van der Waals surface area contributed by atoms with Crippen LogP contribution in [0.4, 0.5) is 4.39 Å². The van der Waals surface area contributed by atoms with Gasteiger partial charge in [-0.2, -0.15) is 0 Å². The van der Waals surface area contributed by atoms with E-state index >= 15 is 0 Å². The molecule has 3 rings (SSSR count). The predicted octanol–water partition coefficient (Wildman–Crippen LogP) is 4.63. The van der Waals surface area contributed by atoms with Crippen LogP contribution in [0.3, 0.4) is 0 Å². The maximum Gasteiger partial charge on any atom is 0.127 e. The number of hydrogen-bond acceptors (Lipinski definition) is 2. The first kappa shape index (κ1) is 19.3. The molecule has 27 heavy (non-hydrogen) atoms. The molecular weight excluding hydrogens is 339 g/mol. The van der Waals surface area contributed by atoms with Crippen LogP contribution in [0.15, 0.2) is 66.9 Å². The van der Waals surface area contributed by atoms with E-state index in [4.69, 9.17) is 4.74 Å². The first-order chi connectivity index (χ1) is 13.2. The van der Waals surface area contributed by atoms with E-state index in [0.717, 1.165) is 19.6 Å². The number of ether oxygens (including phenoxy) is 1. The van der Waals surface area contributed by atoms with E-state index in [1.165, 1.54) is 22.9 Å². The van der Waals surface area contributed by atoms with E-state index in [9.17, 15) is 4.39 Å². The van der Waals surface area contributed by atoms with Gasteiger partial charge in [0, 0.05) is 50.7 Å². The van der Waals surface area contributed by atoms with Crippen molar-refractivity contribution in [1.82, 2.24) is 9.47 Å². The SMILES string of the molecule is COCCN(Cc1ccccc1F)Cc1cccn1Cc1cccc(C)c1. The molecule has 0 radical (unpaired) electrons. The zero-order valence-corrected chi connectivity index (χ0v) is 16.1. The quantitative estimate of drug-likeness (QED) is 0.549. The Morgan fingerprint density at radius 2 is 1.85 bits per heavy atom. The number of nitrogens with zero attached hydrogens (tertiary/aromatic N) is 2. The minimum Gasteiger partial charge on any atom is -0.383 e. The summed E-state index contributed by atoms with van der Waals surface area (Å²) < 4.78 is 21.6. The molecule has 0 amide bonds. The average molecular weight is 366 g/mol. The average Bonchev–Trinajstić information content (AvgIpc) is 3.08. The number of benzene rings is 2. The molecule has 1 heterocycles. The van der Waals surface area contributed by atoms with E-state index in [-0.39, 0.29) is 5.82 Å². The molecule has 0 fully saturated rings. The highest BCUT2D eigenvalue weighted by molar-refractivity contribution is 5.23. The first-order valence-electron chi connectivity index (χ1n) is 9.30. The molecule has 4 heteroatoms. The lowest BCUT2D eigenvalue weighted by atomic mass is 10.1. The Bertz CT molecular complexity index is 859. The van der Waals surface area contributed by atoms with E-state index in [1.54, 1.807) is 13.2 Å². The molecule has 2 aromatic carbocycles. The van der Waals surface area contributed by atoms with E-state index < -0.39 is 0 Å². The predicted molar refractivity (Wildman–Crippen MR) is 107 cm³/mol. The second-order valence-corrected chi connectivity index (χ2v) is 6.91. The fourth-order valence-corrected chi connectivity index (χ4v) is 3.29. The molecule has 0 bridgehead atoms. The Morgan fingerprint density at radius 3 is 2.63 bits per heavy atom. The third kappa shape index (κ3) is 5.52. The zero-order valence-electron chi connectivity index (χ0n) is 16.1. The summed E-state index contributed by atoms with van der Waals surface area (Å²) in [5.41, 5.74) is 4.47. The number of methoxy groups -OCH3 is 1. The van der Waals surface area contributed by atoms with Gasteiger partial charge in [0.2, 0.25) is 0 Å². The summed E-state index contributed by atoms with van der Waals surface area (Å²) in [7, 11) is 1.70. The smallest absolute Gasteiger partial charge is 0.127 e. The second-order valence-electron chi connectivity index (χ2n) is 6.91. The van der Waals surface area contributed by atoms with Crippen LogP contribution >= 0.6 is 0 Å². The summed E-state index contributed by atoms with van der Waals surface area (Å²) in [5, 5.41) is 0. The fourth-order valence-electron chi connectivity index (χ4n) is 3.29. The third-order valence-electron chi connectivity index (χ3n) is 4.71. The zero-order chi connectivity index (χ0) is 19.1. The highest BCUT2D eigenvalue weighted by Gasteiger charge is 2.12. The van der Waals surface area contributed by atoms with Gasteiger partial charge in [0.1, 0.15) is 5.82 Å². The van der Waals surface area contributed by atoms with Gasteiger partial charge in [-0.1, -0.05) is 48.0 Å². The van der Waals surface area contributed by atoms with E-state index in [1.807, 2.05) is 12.1 Å². The van der Waals surface area contributed by atoms with Crippen molar-refractivity contribution in [3.8, 4) is 0 Å². The molecule has 0 N–H and O–H groups in total. The Morgan fingerprint density at radius 1 is 1.00 bits per heavy atom. The topological polar surface area (TPSA) is 17.4 Å². The molecular formula is C23H27FN2O. The van der Waals surface area contributed by atoms with Crippen molar-refractivity contribution in [2.45, 2.75) is 26.6 Å². The third-order valence-corrected chi connectivity index (χ3v) is 4.71. The maximum absolute atomic E-state index is 14.1. The van der Waals surface area contributed by atoms with Gasteiger partial charge < -0.3 is 9.30 Å². The molecule has 0 saturated carbocycles. The van der Waals surface area contributed by atoms with Gasteiger partial charge >= 0.3 is 0 Å². The van der Waals surface area contributed by atoms with Crippen molar-refractivity contribution >= 4 is 0 Å². The van der Waals surface area contributed by atoms with Gasteiger partial charge in [-0.3, -0.25) is 4.90 Å². The van der Waals surface area contributed by atoms with Crippen molar-refractivity contribution in [3.05, 3.63) is 95.1 Å². The van der Waals surface area contributed by atoms with Crippen molar-refractivity contribution in [2.24, 2.45) is 0 Å². The van der Waals surface area contributed by atoms with Gasteiger partial charge in [0.25, 0.3) is 0 Å². The summed E-state index contributed by atoms with van der Waals surface area (Å²) in [4.78, 5) is 2.23. The molecule has 1 aromatic heterocycles. The van der Waals surface area contributed by atoms with Gasteiger partial charge in [0.05, 0.1) is 6.61 Å². The molecule has 3 nitrogen and oxygen atoms in total. The van der Waals surface area contributed by atoms with Crippen LogP contribution in [0.2, 0.25) is 0 Å². The highest BCUT2D eigenvalue weighted by atomic mass is 19.1. The number of rotatable bonds is 9. The monoisotopic (exact) mass is 366 g/mol. The first-order valence-corrected chi connectivity index (χ1v) is 9.30. The van der Waals surface area contributed by atoms with E-state index in [0.29, 0.717) is 18.7 Å². The van der Waals surface area contributed by atoms with Crippen molar-refractivity contribution in [2.75, 3.05) is 20.3 Å². The highest BCUT2D eigenvalue weighted by Crippen LogP contribution is 2.15. The van der Waals surface area contributed by atoms with Crippen LogP contribution in [0, 0.1) is 12.7 Å². The summed E-state index contributed by atoms with van der Waals surface area (Å²) >= 11 is 0. The molecule has 0 aliphatic carbocycles. The lowest BCUT2D eigenvalue weighted by Crippen LogP contribution is -2.28. The molecule has 0 atom stereocenters. The van der Waals surface area contributed by atoms with Gasteiger partial charge in [0.15, 0.2) is 0 Å². The van der Waals surface area contributed by atoms with Gasteiger partial charge in [-0.15, -0.1) is 0 Å². The van der Waals surface area contributed by atoms with Crippen LogP contribution in [-0.4, -0.2) is 29.7 Å². The number of halogens is 1. The fraction of sp³-hybridized carbons (Fsp3) is 0.304. The molecule has 142 valence electrons. The molecule has 0 spiro atoms. The number of aryl methyl sites for hydroxylation is 1. The van der Waals surface area contributed by atoms with Crippen LogP contribution in [-0.2, 0) is 24.4 Å². The second kappa shape index (κ2) is 9.49. The molecule has 0 unspecified atom stereocenters. The Balaban J connectivity index is 1.74. The van der Waals surface area contributed by atoms with E-state index in [2.05, 4.69) is 59.0 Å². The normalized spacial score (nSPS) is 11.3. The van der Waals surface area contributed by atoms with Crippen molar-refractivity contribution in [1.29, 1.82) is 0 Å². The minimum atomic E-state index is -0.157. The number of aromatic nitrogens is 1. The Kier molecular flexibility index (Phi) is 6.80. The maximum atomic E-state index is 14.1. The standard InChI is InChI=1S/C23H27FN2O/c1-19-7-5-8-20(15-19)16-26-12-6-10-22(26)18-25(13-14-27-2)17-21-9-3-4-11-23(21)24/h3-12,15H,13-14,16-18H2,1-2H3.